The molecular formula is C15H22O2. The van der Waals surface area contributed by atoms with E-state index >= 15 is 0 Å². The van der Waals surface area contributed by atoms with Gasteiger partial charge in [0.25, 0.3) is 0 Å². The molecule has 2 rings (SSSR count). The average molecular weight is 234 g/mol. The van der Waals surface area contributed by atoms with Gasteiger partial charge in [0.1, 0.15) is 11.9 Å². The molecule has 0 radical (unpaired) electrons. The van der Waals surface area contributed by atoms with Gasteiger partial charge in [-0.2, -0.15) is 0 Å². The molecule has 1 aliphatic carbocycles. The maximum atomic E-state index is 9.86. The third-order valence-corrected chi connectivity index (χ3v) is 4.31. The van der Waals surface area contributed by atoms with Gasteiger partial charge in [-0.25, -0.2) is 0 Å². The first-order chi connectivity index (χ1) is 7.97. The highest BCUT2D eigenvalue weighted by molar-refractivity contribution is 5.36. The lowest BCUT2D eigenvalue weighted by Crippen LogP contribution is -2.57. The second kappa shape index (κ2) is 4.34. The van der Waals surface area contributed by atoms with E-state index in [0.717, 1.165) is 24.2 Å². The van der Waals surface area contributed by atoms with Crippen molar-refractivity contribution in [3.63, 3.8) is 0 Å². The Morgan fingerprint density at radius 1 is 1.41 bits per heavy atom. The van der Waals surface area contributed by atoms with E-state index in [1.165, 1.54) is 5.56 Å². The molecule has 1 aliphatic rings. The molecule has 3 unspecified atom stereocenters. The normalized spacial score (nSPS) is 32.1. The number of hydrogen-bond donors (Lipinski definition) is 1. The Labute approximate surface area is 104 Å². The monoisotopic (exact) mass is 234 g/mol. The SMILES string of the molecule is CCC1(C)C(O)CC1Oc1cc(C)ccc1C. The second-order valence-corrected chi connectivity index (χ2v) is 5.49. The van der Waals surface area contributed by atoms with Crippen LogP contribution in [0.25, 0.3) is 0 Å². The summed E-state index contributed by atoms with van der Waals surface area (Å²) >= 11 is 0. The van der Waals surface area contributed by atoms with Crippen LogP contribution in [0.5, 0.6) is 5.75 Å². The zero-order chi connectivity index (χ0) is 12.6. The lowest BCUT2D eigenvalue weighted by molar-refractivity contribution is -0.147. The number of benzene rings is 1. The first-order valence-electron chi connectivity index (χ1n) is 6.39. The van der Waals surface area contributed by atoms with Gasteiger partial charge in [0.2, 0.25) is 0 Å². The summed E-state index contributed by atoms with van der Waals surface area (Å²) in [5, 5.41) is 9.86. The van der Waals surface area contributed by atoms with Crippen LogP contribution < -0.4 is 4.74 Å². The predicted octanol–water partition coefficient (Wildman–Crippen LogP) is 3.23. The molecule has 2 nitrogen and oxygen atoms in total. The Balaban J connectivity index is 2.14. The molecule has 17 heavy (non-hydrogen) atoms. The summed E-state index contributed by atoms with van der Waals surface area (Å²) in [5.41, 5.74) is 2.29. The lowest BCUT2D eigenvalue weighted by atomic mass is 9.63. The summed E-state index contributed by atoms with van der Waals surface area (Å²) in [5.74, 6) is 0.960. The number of hydrogen-bond acceptors (Lipinski definition) is 2. The zero-order valence-corrected chi connectivity index (χ0v) is 11.2. The van der Waals surface area contributed by atoms with Crippen LogP contribution in [0.15, 0.2) is 18.2 Å². The van der Waals surface area contributed by atoms with Crippen molar-refractivity contribution in [2.75, 3.05) is 0 Å². The van der Waals surface area contributed by atoms with Crippen LogP contribution in [-0.4, -0.2) is 17.3 Å². The fourth-order valence-electron chi connectivity index (χ4n) is 2.43. The van der Waals surface area contributed by atoms with Crippen molar-refractivity contribution >= 4 is 0 Å². The minimum atomic E-state index is -0.220. The first-order valence-corrected chi connectivity index (χ1v) is 6.39. The van der Waals surface area contributed by atoms with E-state index in [1.807, 2.05) is 0 Å². The van der Waals surface area contributed by atoms with Gasteiger partial charge in [0.05, 0.1) is 6.10 Å². The summed E-state index contributed by atoms with van der Waals surface area (Å²) < 4.78 is 6.08. The highest BCUT2D eigenvalue weighted by Crippen LogP contribution is 2.46. The first kappa shape index (κ1) is 12.4. The third-order valence-electron chi connectivity index (χ3n) is 4.31. The van der Waals surface area contributed by atoms with Crippen LogP contribution in [0.4, 0.5) is 0 Å². The van der Waals surface area contributed by atoms with Crippen LogP contribution in [0.3, 0.4) is 0 Å². The highest BCUT2D eigenvalue weighted by Gasteiger charge is 2.51. The number of ether oxygens (including phenoxy) is 1. The van der Waals surface area contributed by atoms with Crippen LogP contribution in [0.1, 0.15) is 37.8 Å². The Bertz CT molecular complexity index is 413. The predicted molar refractivity (Wildman–Crippen MR) is 69.4 cm³/mol. The molecule has 1 N–H and O–H groups in total. The van der Waals surface area contributed by atoms with E-state index in [-0.39, 0.29) is 17.6 Å². The molecule has 1 fully saturated rings. The van der Waals surface area contributed by atoms with Crippen molar-refractivity contribution in [1.82, 2.24) is 0 Å². The summed E-state index contributed by atoms with van der Waals surface area (Å²) in [6.45, 7) is 8.35. The Morgan fingerprint density at radius 2 is 2.12 bits per heavy atom. The topological polar surface area (TPSA) is 29.5 Å². The van der Waals surface area contributed by atoms with E-state index in [4.69, 9.17) is 4.74 Å². The van der Waals surface area contributed by atoms with Crippen molar-refractivity contribution in [2.45, 2.75) is 52.7 Å². The molecule has 1 aromatic carbocycles. The maximum Gasteiger partial charge on any atom is 0.122 e. The van der Waals surface area contributed by atoms with Crippen molar-refractivity contribution in [1.29, 1.82) is 0 Å². The lowest BCUT2D eigenvalue weighted by Gasteiger charge is -2.50. The van der Waals surface area contributed by atoms with Gasteiger partial charge in [-0.1, -0.05) is 26.0 Å². The summed E-state index contributed by atoms with van der Waals surface area (Å²) in [6, 6.07) is 6.26. The standard InChI is InChI=1S/C15H22O2/c1-5-15(4)13(16)9-14(15)17-12-8-10(2)6-7-11(12)3/h6-8,13-14,16H,5,9H2,1-4H3. The molecular weight excluding hydrogens is 212 g/mol. The van der Waals surface area contributed by atoms with Gasteiger partial charge in [0, 0.05) is 11.8 Å². The zero-order valence-electron chi connectivity index (χ0n) is 11.2. The Kier molecular flexibility index (Phi) is 3.17. The van der Waals surface area contributed by atoms with Gasteiger partial charge < -0.3 is 9.84 Å². The molecule has 0 spiro atoms. The van der Waals surface area contributed by atoms with Crippen molar-refractivity contribution in [2.24, 2.45) is 5.41 Å². The maximum absolute atomic E-state index is 9.86. The molecule has 0 aromatic heterocycles. The smallest absolute Gasteiger partial charge is 0.122 e. The fourth-order valence-corrected chi connectivity index (χ4v) is 2.43. The van der Waals surface area contributed by atoms with Crippen molar-refractivity contribution in [3.8, 4) is 5.75 Å². The van der Waals surface area contributed by atoms with E-state index in [0.29, 0.717) is 0 Å². The van der Waals surface area contributed by atoms with E-state index in [2.05, 4.69) is 45.9 Å². The number of aliphatic hydroxyl groups is 1. The van der Waals surface area contributed by atoms with Crippen LogP contribution >= 0.6 is 0 Å². The molecule has 1 aromatic rings. The molecule has 1 saturated carbocycles. The molecule has 94 valence electrons. The molecule has 0 saturated heterocycles. The minimum absolute atomic E-state index is 0.0871. The Hall–Kier alpha value is -1.02. The summed E-state index contributed by atoms with van der Waals surface area (Å²) in [7, 11) is 0. The van der Waals surface area contributed by atoms with Gasteiger partial charge in [-0.3, -0.25) is 0 Å². The van der Waals surface area contributed by atoms with Gasteiger partial charge in [0.15, 0.2) is 0 Å². The molecule has 0 heterocycles. The Morgan fingerprint density at radius 3 is 2.71 bits per heavy atom. The van der Waals surface area contributed by atoms with Crippen molar-refractivity contribution in [3.05, 3.63) is 29.3 Å². The number of rotatable bonds is 3. The molecule has 0 bridgehead atoms. The van der Waals surface area contributed by atoms with E-state index < -0.39 is 0 Å². The highest BCUT2D eigenvalue weighted by atomic mass is 16.5. The quantitative estimate of drug-likeness (QED) is 0.870. The summed E-state index contributed by atoms with van der Waals surface area (Å²) in [4.78, 5) is 0. The summed E-state index contributed by atoms with van der Waals surface area (Å²) in [6.07, 6.45) is 1.62. The van der Waals surface area contributed by atoms with Gasteiger partial charge in [-0.05, 0) is 37.5 Å². The molecule has 3 atom stereocenters. The van der Waals surface area contributed by atoms with E-state index in [9.17, 15) is 5.11 Å². The third kappa shape index (κ3) is 2.06. The molecule has 0 aliphatic heterocycles. The van der Waals surface area contributed by atoms with E-state index in [1.54, 1.807) is 0 Å². The van der Waals surface area contributed by atoms with Crippen LogP contribution in [0.2, 0.25) is 0 Å². The second-order valence-electron chi connectivity index (χ2n) is 5.49. The number of aliphatic hydroxyl groups excluding tert-OH is 1. The van der Waals surface area contributed by atoms with Crippen LogP contribution in [-0.2, 0) is 0 Å². The molecule has 2 heteroatoms. The fraction of sp³-hybridized carbons (Fsp3) is 0.600. The van der Waals surface area contributed by atoms with Crippen molar-refractivity contribution < 1.29 is 9.84 Å². The average Bonchev–Trinajstić information content (AvgIpc) is 2.32. The number of aryl methyl sites for hydroxylation is 2. The molecule has 0 amide bonds. The largest absolute Gasteiger partial charge is 0.489 e. The minimum Gasteiger partial charge on any atom is -0.489 e. The van der Waals surface area contributed by atoms with Gasteiger partial charge >= 0.3 is 0 Å². The van der Waals surface area contributed by atoms with Gasteiger partial charge in [-0.15, -0.1) is 0 Å². The van der Waals surface area contributed by atoms with Crippen LogP contribution in [0, 0.1) is 19.3 Å².